The van der Waals surface area contributed by atoms with Crippen molar-refractivity contribution >= 4 is 29.0 Å². The summed E-state index contributed by atoms with van der Waals surface area (Å²) in [6, 6.07) is 9.23. The summed E-state index contributed by atoms with van der Waals surface area (Å²) in [6.45, 7) is 3.03. The molecule has 1 aromatic heterocycles. The highest BCUT2D eigenvalue weighted by molar-refractivity contribution is 7.99. The summed E-state index contributed by atoms with van der Waals surface area (Å²) < 4.78 is 2.09. The van der Waals surface area contributed by atoms with Gasteiger partial charge in [-0.2, -0.15) is 10.4 Å². The number of aromatic nitrogens is 3. The highest BCUT2D eigenvalue weighted by Crippen LogP contribution is 2.34. The van der Waals surface area contributed by atoms with Crippen LogP contribution >= 0.6 is 11.8 Å². The van der Waals surface area contributed by atoms with Crippen LogP contribution in [0.25, 0.3) is 11.4 Å². The smallest absolute Gasteiger partial charge is 0.201 e. The lowest BCUT2D eigenvalue weighted by Gasteiger charge is -2.06. The molecule has 0 saturated heterocycles. The molecule has 0 bridgehead atoms. The maximum atomic E-state index is 8.84. The van der Waals surface area contributed by atoms with Gasteiger partial charge in [-0.15, -0.1) is 10.2 Å². The SMILES string of the molecule is CC1Cn2c(nnc2-c2cccc(N/N=C(\C#N)C(=N)N)c2)S1. The number of rotatable bonds is 4. The fraction of sp³-hybridized carbons (Fsp3) is 0.214. The van der Waals surface area contributed by atoms with E-state index < -0.39 is 0 Å². The number of thioether (sulfide) groups is 1. The molecule has 0 saturated carbocycles. The van der Waals surface area contributed by atoms with E-state index in [1.807, 2.05) is 18.2 Å². The molecule has 0 radical (unpaired) electrons. The molecule has 23 heavy (non-hydrogen) atoms. The van der Waals surface area contributed by atoms with Crippen molar-refractivity contribution in [2.45, 2.75) is 23.9 Å². The Morgan fingerprint density at radius 1 is 1.57 bits per heavy atom. The Hall–Kier alpha value is -2.86. The minimum atomic E-state index is -0.377. The molecule has 2 aromatic rings. The normalized spacial score (nSPS) is 16.7. The summed E-state index contributed by atoms with van der Waals surface area (Å²) in [7, 11) is 0. The van der Waals surface area contributed by atoms with Gasteiger partial charge in [0.25, 0.3) is 0 Å². The highest BCUT2D eigenvalue weighted by atomic mass is 32.2. The van der Waals surface area contributed by atoms with Crippen LogP contribution in [0.3, 0.4) is 0 Å². The van der Waals surface area contributed by atoms with Gasteiger partial charge in [0.1, 0.15) is 6.07 Å². The first-order valence-electron chi connectivity index (χ1n) is 6.87. The minimum Gasteiger partial charge on any atom is -0.382 e. The summed E-state index contributed by atoms with van der Waals surface area (Å²) in [5, 5.41) is 29.8. The molecule has 116 valence electrons. The number of nitrogens with one attached hydrogen (secondary N) is 2. The molecule has 1 aliphatic rings. The molecule has 1 unspecified atom stereocenters. The number of nitrogens with two attached hydrogens (primary N) is 1. The third-order valence-corrected chi connectivity index (χ3v) is 4.31. The van der Waals surface area contributed by atoms with E-state index in [2.05, 4.69) is 32.2 Å². The fourth-order valence-electron chi connectivity index (χ4n) is 2.22. The summed E-state index contributed by atoms with van der Waals surface area (Å²) in [5.41, 5.74) is 9.41. The van der Waals surface area contributed by atoms with Crippen LogP contribution in [0, 0.1) is 16.7 Å². The lowest BCUT2D eigenvalue weighted by molar-refractivity contribution is 0.675. The molecular formula is C14H14N8S. The van der Waals surface area contributed by atoms with Crippen molar-refractivity contribution in [1.82, 2.24) is 14.8 Å². The Labute approximate surface area is 136 Å². The molecular weight excluding hydrogens is 312 g/mol. The third kappa shape index (κ3) is 3.02. The fourth-order valence-corrected chi connectivity index (χ4v) is 3.18. The maximum absolute atomic E-state index is 8.84. The van der Waals surface area contributed by atoms with Gasteiger partial charge in [-0.05, 0) is 12.1 Å². The van der Waals surface area contributed by atoms with Gasteiger partial charge in [0.05, 0.1) is 5.69 Å². The number of benzene rings is 1. The monoisotopic (exact) mass is 326 g/mol. The lowest BCUT2D eigenvalue weighted by Crippen LogP contribution is -2.21. The quantitative estimate of drug-likeness (QED) is 0.445. The number of hydrogen-bond acceptors (Lipinski definition) is 7. The zero-order chi connectivity index (χ0) is 16.4. The number of hydrogen-bond donors (Lipinski definition) is 3. The van der Waals surface area contributed by atoms with Crippen molar-refractivity contribution in [2.75, 3.05) is 5.43 Å². The number of amidine groups is 1. The van der Waals surface area contributed by atoms with Crippen LogP contribution in [0.2, 0.25) is 0 Å². The van der Waals surface area contributed by atoms with Gasteiger partial charge in [-0.25, -0.2) is 0 Å². The second kappa shape index (κ2) is 6.10. The summed E-state index contributed by atoms with van der Waals surface area (Å²) in [6.07, 6.45) is 0. The maximum Gasteiger partial charge on any atom is 0.201 e. The van der Waals surface area contributed by atoms with Crippen molar-refractivity contribution in [2.24, 2.45) is 10.8 Å². The molecule has 2 heterocycles. The predicted octanol–water partition coefficient (Wildman–Crippen LogP) is 1.67. The molecule has 3 rings (SSSR count). The van der Waals surface area contributed by atoms with Crippen LogP contribution in [-0.2, 0) is 6.54 Å². The van der Waals surface area contributed by atoms with E-state index in [-0.39, 0.29) is 11.5 Å². The summed E-state index contributed by atoms with van der Waals surface area (Å²) >= 11 is 1.71. The van der Waals surface area contributed by atoms with Crippen LogP contribution < -0.4 is 11.2 Å². The number of fused-ring (bicyclic) bond motifs is 1. The first-order chi connectivity index (χ1) is 11.1. The van der Waals surface area contributed by atoms with Crippen molar-refractivity contribution in [3.63, 3.8) is 0 Å². The molecule has 9 heteroatoms. The van der Waals surface area contributed by atoms with Gasteiger partial charge in [-0.1, -0.05) is 30.8 Å². The molecule has 8 nitrogen and oxygen atoms in total. The molecule has 1 aromatic carbocycles. The van der Waals surface area contributed by atoms with E-state index in [4.69, 9.17) is 16.4 Å². The van der Waals surface area contributed by atoms with Crippen LogP contribution in [0.1, 0.15) is 6.92 Å². The lowest BCUT2D eigenvalue weighted by atomic mass is 10.2. The van der Waals surface area contributed by atoms with Crippen LogP contribution in [0.15, 0.2) is 34.5 Å². The van der Waals surface area contributed by atoms with Crippen LogP contribution in [0.5, 0.6) is 0 Å². The Kier molecular flexibility index (Phi) is 3.99. The summed E-state index contributed by atoms with van der Waals surface area (Å²) in [4.78, 5) is 0. The Balaban J connectivity index is 1.87. The average molecular weight is 326 g/mol. The van der Waals surface area contributed by atoms with E-state index in [9.17, 15) is 0 Å². The second-order valence-corrected chi connectivity index (χ2v) is 6.43. The first kappa shape index (κ1) is 15.1. The van der Waals surface area contributed by atoms with Gasteiger partial charge in [0.15, 0.2) is 16.8 Å². The van der Waals surface area contributed by atoms with Crippen molar-refractivity contribution < 1.29 is 0 Å². The van der Waals surface area contributed by atoms with Crippen molar-refractivity contribution in [3.8, 4) is 17.5 Å². The van der Waals surface area contributed by atoms with E-state index in [1.165, 1.54) is 0 Å². The molecule has 4 N–H and O–H groups in total. The highest BCUT2D eigenvalue weighted by Gasteiger charge is 2.24. The first-order valence-corrected chi connectivity index (χ1v) is 7.75. The molecule has 1 atom stereocenters. The number of nitriles is 1. The Bertz CT molecular complexity index is 832. The third-order valence-electron chi connectivity index (χ3n) is 3.24. The van der Waals surface area contributed by atoms with Crippen LogP contribution in [0.4, 0.5) is 5.69 Å². The van der Waals surface area contributed by atoms with Crippen molar-refractivity contribution in [1.29, 1.82) is 10.7 Å². The topological polar surface area (TPSA) is 129 Å². The molecule has 1 aliphatic heterocycles. The number of nitrogens with zero attached hydrogens (tertiary/aromatic N) is 5. The van der Waals surface area contributed by atoms with Crippen molar-refractivity contribution in [3.05, 3.63) is 24.3 Å². The van der Waals surface area contributed by atoms with Gasteiger partial charge in [0.2, 0.25) is 5.71 Å². The zero-order valence-electron chi connectivity index (χ0n) is 12.3. The summed E-state index contributed by atoms with van der Waals surface area (Å²) in [5.74, 6) is 0.425. The molecule has 0 aliphatic carbocycles. The van der Waals surface area contributed by atoms with Crippen LogP contribution in [-0.4, -0.2) is 31.6 Å². The Morgan fingerprint density at radius 3 is 3.13 bits per heavy atom. The van der Waals surface area contributed by atoms with E-state index >= 15 is 0 Å². The van der Waals surface area contributed by atoms with E-state index in [1.54, 1.807) is 23.9 Å². The predicted molar refractivity (Wildman–Crippen MR) is 89.4 cm³/mol. The minimum absolute atomic E-state index is 0.163. The average Bonchev–Trinajstić information content (AvgIpc) is 3.06. The largest absolute Gasteiger partial charge is 0.382 e. The van der Waals surface area contributed by atoms with Gasteiger partial charge < -0.3 is 10.3 Å². The van der Waals surface area contributed by atoms with Gasteiger partial charge >= 0.3 is 0 Å². The standard InChI is InChI=1S/C14H14N8S/c1-8-7-22-13(20-21-14(22)23-8)9-3-2-4-10(5-9)18-19-11(6-15)12(16)17/h2-5,8,18H,7H2,1H3,(H3,16,17)/b19-11+. The molecule has 0 amide bonds. The number of hydrazone groups is 1. The Morgan fingerprint density at radius 2 is 2.39 bits per heavy atom. The van der Waals surface area contributed by atoms with E-state index in [0.717, 1.165) is 23.1 Å². The second-order valence-electron chi connectivity index (χ2n) is 5.02. The molecule has 0 spiro atoms. The van der Waals surface area contributed by atoms with Gasteiger partial charge in [-0.3, -0.25) is 10.8 Å². The zero-order valence-corrected chi connectivity index (χ0v) is 13.1. The molecule has 0 fully saturated rings. The van der Waals surface area contributed by atoms with Gasteiger partial charge in [0, 0.05) is 17.4 Å². The number of anilines is 1. The van der Waals surface area contributed by atoms with E-state index in [0.29, 0.717) is 10.9 Å².